The first-order valence-corrected chi connectivity index (χ1v) is 6.31. The average Bonchev–Trinajstić information content (AvgIpc) is 2.97. The number of nitrogens with zero attached hydrogens (tertiary/aromatic N) is 2. The third-order valence-corrected chi connectivity index (χ3v) is 2.67. The fraction of sp³-hybridized carbons (Fsp3) is 0.308. The number of ether oxygens (including phenoxy) is 1. The molecule has 1 heterocycles. The lowest BCUT2D eigenvalue weighted by molar-refractivity contribution is 0.252. The number of urea groups is 1. The Bertz CT molecular complexity index is 541. The number of methoxy groups -OCH3 is 1. The molecule has 0 unspecified atom stereocenters. The van der Waals surface area contributed by atoms with E-state index in [9.17, 15) is 4.79 Å². The van der Waals surface area contributed by atoms with Crippen molar-refractivity contribution in [3.05, 3.63) is 36.4 Å². The third-order valence-electron chi connectivity index (χ3n) is 2.67. The number of anilines is 1. The predicted molar refractivity (Wildman–Crippen MR) is 74.7 cm³/mol. The van der Waals surface area contributed by atoms with Gasteiger partial charge in [-0.15, -0.1) is 0 Å². The van der Waals surface area contributed by atoms with Gasteiger partial charge in [-0.1, -0.05) is 6.07 Å². The van der Waals surface area contributed by atoms with E-state index in [1.807, 2.05) is 12.1 Å². The molecule has 2 aromatic rings. The second-order valence-corrected chi connectivity index (χ2v) is 4.15. The van der Waals surface area contributed by atoms with E-state index >= 15 is 0 Å². The molecule has 0 bridgehead atoms. The van der Waals surface area contributed by atoms with Gasteiger partial charge in [0.1, 0.15) is 17.9 Å². The highest BCUT2D eigenvalue weighted by Crippen LogP contribution is 2.16. The lowest BCUT2D eigenvalue weighted by Gasteiger charge is -2.08. The fourth-order valence-electron chi connectivity index (χ4n) is 1.69. The van der Waals surface area contributed by atoms with Crippen molar-refractivity contribution in [3.8, 4) is 5.75 Å². The molecule has 2 amide bonds. The van der Waals surface area contributed by atoms with Crippen LogP contribution in [0, 0.1) is 0 Å². The summed E-state index contributed by atoms with van der Waals surface area (Å²) in [6.07, 6.45) is 3.01. The van der Waals surface area contributed by atoms with Crippen LogP contribution in [0.15, 0.2) is 30.6 Å². The van der Waals surface area contributed by atoms with Crippen LogP contribution in [-0.2, 0) is 6.42 Å². The highest BCUT2D eigenvalue weighted by atomic mass is 16.5. The number of carbonyl (C=O) groups is 1. The molecule has 0 aliphatic carbocycles. The number of nitrogens with one attached hydrogen (secondary N) is 3. The van der Waals surface area contributed by atoms with Crippen LogP contribution in [-0.4, -0.2) is 34.9 Å². The van der Waals surface area contributed by atoms with Gasteiger partial charge >= 0.3 is 6.03 Å². The minimum atomic E-state index is -0.240. The number of aromatic nitrogens is 3. The molecular formula is C13H17N5O2. The fourth-order valence-corrected chi connectivity index (χ4v) is 1.69. The lowest BCUT2D eigenvalue weighted by atomic mass is 10.3. The van der Waals surface area contributed by atoms with Crippen molar-refractivity contribution < 1.29 is 9.53 Å². The van der Waals surface area contributed by atoms with Crippen molar-refractivity contribution >= 4 is 11.7 Å². The highest BCUT2D eigenvalue weighted by Gasteiger charge is 2.02. The van der Waals surface area contributed by atoms with Gasteiger partial charge in [-0.25, -0.2) is 9.78 Å². The quantitative estimate of drug-likeness (QED) is 0.698. The molecule has 0 radical (unpaired) electrons. The summed E-state index contributed by atoms with van der Waals surface area (Å²) in [5, 5.41) is 12.1. The zero-order chi connectivity index (χ0) is 14.2. The van der Waals surface area contributed by atoms with Gasteiger partial charge in [0, 0.05) is 24.7 Å². The van der Waals surface area contributed by atoms with E-state index in [2.05, 4.69) is 25.8 Å². The van der Waals surface area contributed by atoms with Gasteiger partial charge in [-0.3, -0.25) is 5.10 Å². The summed E-state index contributed by atoms with van der Waals surface area (Å²) in [6, 6.07) is 6.96. The Morgan fingerprint density at radius 1 is 1.45 bits per heavy atom. The van der Waals surface area contributed by atoms with Crippen molar-refractivity contribution in [2.45, 2.75) is 12.8 Å². The van der Waals surface area contributed by atoms with Gasteiger partial charge < -0.3 is 15.4 Å². The maximum Gasteiger partial charge on any atom is 0.319 e. The van der Waals surface area contributed by atoms with Crippen molar-refractivity contribution in [2.75, 3.05) is 19.0 Å². The van der Waals surface area contributed by atoms with E-state index in [1.165, 1.54) is 6.33 Å². The largest absolute Gasteiger partial charge is 0.497 e. The van der Waals surface area contributed by atoms with Crippen molar-refractivity contribution in [1.29, 1.82) is 0 Å². The summed E-state index contributed by atoms with van der Waals surface area (Å²) in [6.45, 7) is 0.566. The molecule has 0 aliphatic heterocycles. The van der Waals surface area contributed by atoms with Crippen LogP contribution >= 0.6 is 0 Å². The van der Waals surface area contributed by atoms with Crippen LogP contribution in [0.5, 0.6) is 5.75 Å². The van der Waals surface area contributed by atoms with Crippen LogP contribution in [0.3, 0.4) is 0 Å². The molecule has 1 aromatic carbocycles. The first-order chi connectivity index (χ1) is 9.78. The predicted octanol–water partition coefficient (Wildman–Crippen LogP) is 1.57. The molecule has 2 rings (SSSR count). The molecule has 0 spiro atoms. The highest BCUT2D eigenvalue weighted by molar-refractivity contribution is 5.89. The van der Waals surface area contributed by atoms with Crippen LogP contribution in [0.4, 0.5) is 10.5 Å². The number of H-pyrrole nitrogens is 1. The molecular weight excluding hydrogens is 258 g/mol. The Hall–Kier alpha value is -2.57. The number of carbonyl (C=O) groups excluding carboxylic acids is 1. The number of aryl methyl sites for hydroxylation is 1. The summed E-state index contributed by atoms with van der Waals surface area (Å²) in [5.41, 5.74) is 0.692. The molecule has 0 fully saturated rings. The van der Waals surface area contributed by atoms with Crippen molar-refractivity contribution in [1.82, 2.24) is 20.5 Å². The summed E-state index contributed by atoms with van der Waals surface area (Å²) < 4.78 is 5.09. The monoisotopic (exact) mass is 275 g/mol. The Kier molecular flexibility index (Phi) is 4.94. The molecule has 0 saturated carbocycles. The average molecular weight is 275 g/mol. The molecule has 3 N–H and O–H groups in total. The Morgan fingerprint density at radius 2 is 2.35 bits per heavy atom. The van der Waals surface area contributed by atoms with E-state index in [0.29, 0.717) is 18.0 Å². The van der Waals surface area contributed by atoms with E-state index in [-0.39, 0.29) is 6.03 Å². The van der Waals surface area contributed by atoms with E-state index < -0.39 is 0 Å². The maximum absolute atomic E-state index is 11.7. The first kappa shape index (κ1) is 13.9. The van der Waals surface area contributed by atoms with Crippen molar-refractivity contribution in [2.24, 2.45) is 0 Å². The van der Waals surface area contributed by atoms with Gasteiger partial charge in [-0.05, 0) is 18.6 Å². The molecule has 0 aliphatic rings. The van der Waals surface area contributed by atoms with Crippen LogP contribution in [0.2, 0.25) is 0 Å². The number of aromatic amines is 1. The zero-order valence-corrected chi connectivity index (χ0v) is 11.2. The van der Waals surface area contributed by atoms with E-state index in [0.717, 1.165) is 18.7 Å². The number of benzene rings is 1. The van der Waals surface area contributed by atoms with Crippen LogP contribution in [0.1, 0.15) is 12.2 Å². The number of amides is 2. The van der Waals surface area contributed by atoms with E-state index in [4.69, 9.17) is 4.74 Å². The Labute approximate surface area is 116 Å². The molecule has 7 heteroatoms. The zero-order valence-electron chi connectivity index (χ0n) is 11.2. The maximum atomic E-state index is 11.7. The van der Waals surface area contributed by atoms with Crippen LogP contribution in [0.25, 0.3) is 0 Å². The Morgan fingerprint density at radius 3 is 3.10 bits per heavy atom. The molecule has 20 heavy (non-hydrogen) atoms. The van der Waals surface area contributed by atoms with E-state index in [1.54, 1.807) is 19.2 Å². The smallest absolute Gasteiger partial charge is 0.319 e. The van der Waals surface area contributed by atoms with Gasteiger partial charge in [0.15, 0.2) is 0 Å². The second-order valence-electron chi connectivity index (χ2n) is 4.15. The molecule has 1 aromatic heterocycles. The van der Waals surface area contributed by atoms with Gasteiger partial charge in [0.25, 0.3) is 0 Å². The van der Waals surface area contributed by atoms with Gasteiger partial charge in [-0.2, -0.15) is 5.10 Å². The normalized spacial score (nSPS) is 10.1. The Balaban J connectivity index is 1.69. The summed E-state index contributed by atoms with van der Waals surface area (Å²) in [5.74, 6) is 1.52. The third kappa shape index (κ3) is 4.27. The van der Waals surface area contributed by atoms with Crippen LogP contribution < -0.4 is 15.4 Å². The van der Waals surface area contributed by atoms with Gasteiger partial charge in [0.2, 0.25) is 0 Å². The van der Waals surface area contributed by atoms with Gasteiger partial charge in [0.05, 0.1) is 7.11 Å². The topological polar surface area (TPSA) is 91.9 Å². The summed E-state index contributed by atoms with van der Waals surface area (Å²) in [4.78, 5) is 15.7. The number of hydrogen-bond acceptors (Lipinski definition) is 4. The standard InChI is InChI=1S/C13H17N5O2/c1-20-11-5-2-4-10(8-11)17-13(19)14-7-3-6-12-15-9-16-18-12/h2,4-5,8-9H,3,6-7H2,1H3,(H2,14,17,19)(H,15,16,18). The second kappa shape index (κ2) is 7.13. The molecule has 0 atom stereocenters. The minimum Gasteiger partial charge on any atom is -0.497 e. The lowest BCUT2D eigenvalue weighted by Crippen LogP contribution is -2.29. The molecule has 7 nitrogen and oxygen atoms in total. The molecule has 106 valence electrons. The minimum absolute atomic E-state index is 0.240. The molecule has 0 saturated heterocycles. The summed E-state index contributed by atoms with van der Waals surface area (Å²) >= 11 is 0. The number of hydrogen-bond donors (Lipinski definition) is 3. The number of rotatable bonds is 6. The first-order valence-electron chi connectivity index (χ1n) is 6.31. The summed E-state index contributed by atoms with van der Waals surface area (Å²) in [7, 11) is 1.59. The SMILES string of the molecule is COc1cccc(NC(=O)NCCCc2ncn[nH]2)c1. The van der Waals surface area contributed by atoms with Crippen molar-refractivity contribution in [3.63, 3.8) is 0 Å².